The maximum atomic E-state index is 10.2. The van der Waals surface area contributed by atoms with E-state index in [-0.39, 0.29) is 6.42 Å². The third kappa shape index (κ3) is 1.79. The van der Waals surface area contributed by atoms with Crippen molar-refractivity contribution in [3.63, 3.8) is 0 Å². The number of hydrogen-bond donors (Lipinski definition) is 2. The van der Waals surface area contributed by atoms with Gasteiger partial charge in [-0.2, -0.15) is 0 Å². The number of nitrogens with zero attached hydrogens (tertiary/aromatic N) is 3. The molecule has 0 aliphatic rings. The molecule has 1 heterocycles. The van der Waals surface area contributed by atoms with Gasteiger partial charge in [0.15, 0.2) is 6.10 Å². The van der Waals surface area contributed by atoms with E-state index in [4.69, 9.17) is 10.2 Å². The Bertz CT molecular complexity index is 283. The molecule has 66 valence electrons. The van der Waals surface area contributed by atoms with E-state index in [0.29, 0.717) is 5.69 Å². The third-order valence-corrected chi connectivity index (χ3v) is 1.50. The van der Waals surface area contributed by atoms with Crippen molar-refractivity contribution in [1.29, 1.82) is 0 Å². The minimum absolute atomic E-state index is 0.0266. The molecule has 12 heavy (non-hydrogen) atoms. The molecule has 0 aliphatic heterocycles. The van der Waals surface area contributed by atoms with Gasteiger partial charge in [-0.05, 0) is 0 Å². The summed E-state index contributed by atoms with van der Waals surface area (Å²) in [6.07, 6.45) is 0.0625. The van der Waals surface area contributed by atoms with Crippen LogP contribution in [0.3, 0.4) is 0 Å². The molecular formula is C6H9N3O3. The van der Waals surface area contributed by atoms with E-state index in [1.165, 1.54) is 10.9 Å². The van der Waals surface area contributed by atoms with Crippen LogP contribution in [0.5, 0.6) is 0 Å². The van der Waals surface area contributed by atoms with Crippen molar-refractivity contribution in [3.05, 3.63) is 11.9 Å². The number of carboxylic acid groups (broad SMARTS) is 1. The Hall–Kier alpha value is -1.43. The van der Waals surface area contributed by atoms with Gasteiger partial charge in [0, 0.05) is 13.5 Å². The lowest BCUT2D eigenvalue weighted by Crippen LogP contribution is -2.23. The first kappa shape index (κ1) is 8.66. The molecule has 0 unspecified atom stereocenters. The second-order valence-electron chi connectivity index (χ2n) is 2.41. The molecular weight excluding hydrogens is 162 g/mol. The van der Waals surface area contributed by atoms with Gasteiger partial charge in [-0.25, -0.2) is 4.79 Å². The highest BCUT2D eigenvalue weighted by Gasteiger charge is 2.15. The zero-order valence-corrected chi connectivity index (χ0v) is 6.51. The number of hydrogen-bond acceptors (Lipinski definition) is 4. The molecule has 6 nitrogen and oxygen atoms in total. The average molecular weight is 171 g/mol. The molecule has 0 spiro atoms. The van der Waals surface area contributed by atoms with Gasteiger partial charge < -0.3 is 10.2 Å². The van der Waals surface area contributed by atoms with Crippen LogP contribution in [0.15, 0.2) is 6.20 Å². The molecule has 1 rings (SSSR count). The van der Waals surface area contributed by atoms with Gasteiger partial charge in [0.1, 0.15) is 0 Å². The van der Waals surface area contributed by atoms with Crippen LogP contribution in [0.2, 0.25) is 0 Å². The highest BCUT2D eigenvalue weighted by molar-refractivity contribution is 5.72. The molecule has 6 heteroatoms. The van der Waals surface area contributed by atoms with Crippen LogP contribution in [0.25, 0.3) is 0 Å². The Kier molecular flexibility index (Phi) is 2.39. The number of aliphatic hydroxyl groups is 1. The summed E-state index contributed by atoms with van der Waals surface area (Å²) < 4.78 is 1.42. The molecule has 0 amide bonds. The average Bonchev–Trinajstić information content (AvgIpc) is 2.36. The third-order valence-electron chi connectivity index (χ3n) is 1.50. The molecule has 0 aliphatic carbocycles. The van der Waals surface area contributed by atoms with Crippen LogP contribution < -0.4 is 0 Å². The number of aromatic nitrogens is 3. The monoisotopic (exact) mass is 171 g/mol. The molecule has 0 aromatic carbocycles. The molecule has 0 fully saturated rings. The lowest BCUT2D eigenvalue weighted by Gasteiger charge is -2.03. The fraction of sp³-hybridized carbons (Fsp3) is 0.500. The molecule has 0 radical (unpaired) electrons. The van der Waals surface area contributed by atoms with E-state index in [1.807, 2.05) is 0 Å². The summed E-state index contributed by atoms with van der Waals surface area (Å²) in [4.78, 5) is 10.2. The van der Waals surface area contributed by atoms with E-state index in [2.05, 4.69) is 10.3 Å². The van der Waals surface area contributed by atoms with Gasteiger partial charge >= 0.3 is 5.97 Å². The van der Waals surface area contributed by atoms with Crippen molar-refractivity contribution in [2.45, 2.75) is 12.5 Å². The van der Waals surface area contributed by atoms with Crippen molar-refractivity contribution >= 4 is 5.97 Å². The van der Waals surface area contributed by atoms with E-state index in [0.717, 1.165) is 0 Å². The topological polar surface area (TPSA) is 88.2 Å². The fourth-order valence-corrected chi connectivity index (χ4v) is 0.781. The maximum Gasteiger partial charge on any atom is 0.332 e. The minimum Gasteiger partial charge on any atom is -0.479 e. The number of aliphatic carboxylic acids is 1. The smallest absolute Gasteiger partial charge is 0.332 e. The number of aryl methyl sites for hydroxylation is 1. The zero-order chi connectivity index (χ0) is 9.14. The summed E-state index contributed by atoms with van der Waals surface area (Å²) in [7, 11) is 1.64. The standard InChI is InChI=1S/C6H9N3O3/c1-9-4(3-7-8-9)2-5(10)6(11)12/h3,5,10H,2H2,1H3,(H,11,12)/t5-/m0/s1. The van der Waals surface area contributed by atoms with Gasteiger partial charge in [-0.1, -0.05) is 5.21 Å². The molecule has 1 aromatic rings. The summed E-state index contributed by atoms with van der Waals surface area (Å²) in [6.45, 7) is 0. The molecule has 0 saturated carbocycles. The van der Waals surface area contributed by atoms with Crippen LogP contribution in [-0.2, 0) is 18.3 Å². The lowest BCUT2D eigenvalue weighted by atomic mass is 10.2. The first-order valence-corrected chi connectivity index (χ1v) is 3.35. The number of carboxylic acids is 1. The summed E-state index contributed by atoms with van der Waals surface area (Å²) in [5.74, 6) is -1.24. The first-order valence-electron chi connectivity index (χ1n) is 3.35. The molecule has 1 aromatic heterocycles. The van der Waals surface area contributed by atoms with Gasteiger partial charge in [-0.15, -0.1) is 5.10 Å². The molecule has 1 atom stereocenters. The van der Waals surface area contributed by atoms with E-state index in [9.17, 15) is 4.79 Å². The summed E-state index contributed by atoms with van der Waals surface area (Å²) in [6, 6.07) is 0. The fourth-order valence-electron chi connectivity index (χ4n) is 0.781. The van der Waals surface area contributed by atoms with Crippen LogP contribution in [0.4, 0.5) is 0 Å². The predicted molar refractivity (Wildman–Crippen MR) is 38.3 cm³/mol. The summed E-state index contributed by atoms with van der Waals surface area (Å²) >= 11 is 0. The van der Waals surface area contributed by atoms with Gasteiger partial charge in [0.2, 0.25) is 0 Å². The predicted octanol–water partition coefficient (Wildman–Crippen LogP) is -1.20. The van der Waals surface area contributed by atoms with Crippen molar-refractivity contribution in [2.75, 3.05) is 0 Å². The van der Waals surface area contributed by atoms with Crippen molar-refractivity contribution < 1.29 is 15.0 Å². The number of carbonyl (C=O) groups is 1. The zero-order valence-electron chi connectivity index (χ0n) is 6.51. The Morgan fingerprint density at radius 3 is 2.92 bits per heavy atom. The van der Waals surface area contributed by atoms with Gasteiger partial charge in [0.05, 0.1) is 11.9 Å². The van der Waals surface area contributed by atoms with Crippen LogP contribution in [0.1, 0.15) is 5.69 Å². The molecule has 0 saturated heterocycles. The largest absolute Gasteiger partial charge is 0.479 e. The lowest BCUT2D eigenvalue weighted by molar-refractivity contribution is -0.146. The highest BCUT2D eigenvalue weighted by Crippen LogP contribution is 1.99. The molecule has 2 N–H and O–H groups in total. The summed E-state index contributed by atoms with van der Waals surface area (Å²) in [5.41, 5.74) is 0.588. The second-order valence-corrected chi connectivity index (χ2v) is 2.41. The van der Waals surface area contributed by atoms with Crippen LogP contribution in [0, 0.1) is 0 Å². The van der Waals surface area contributed by atoms with E-state index in [1.54, 1.807) is 7.05 Å². The van der Waals surface area contributed by atoms with E-state index >= 15 is 0 Å². The van der Waals surface area contributed by atoms with Crippen LogP contribution >= 0.6 is 0 Å². The van der Waals surface area contributed by atoms with E-state index < -0.39 is 12.1 Å². The Labute approximate surface area is 68.4 Å². The van der Waals surface area contributed by atoms with Gasteiger partial charge in [0.25, 0.3) is 0 Å². The van der Waals surface area contributed by atoms with Crippen LogP contribution in [-0.4, -0.2) is 37.3 Å². The molecule has 0 bridgehead atoms. The SMILES string of the molecule is Cn1nncc1C[C@H](O)C(=O)O. The number of rotatable bonds is 3. The maximum absolute atomic E-state index is 10.2. The Morgan fingerprint density at radius 1 is 1.83 bits per heavy atom. The minimum atomic E-state index is -1.39. The second kappa shape index (κ2) is 3.31. The normalized spacial score (nSPS) is 12.8. The van der Waals surface area contributed by atoms with Crippen molar-refractivity contribution in [1.82, 2.24) is 15.0 Å². The van der Waals surface area contributed by atoms with Gasteiger partial charge in [-0.3, -0.25) is 4.68 Å². The van der Waals surface area contributed by atoms with Crippen molar-refractivity contribution in [2.24, 2.45) is 7.05 Å². The van der Waals surface area contributed by atoms with Crippen molar-refractivity contribution in [3.8, 4) is 0 Å². The quantitative estimate of drug-likeness (QED) is 0.596. The number of aliphatic hydroxyl groups excluding tert-OH is 1. The first-order chi connectivity index (χ1) is 5.61. The summed E-state index contributed by atoms with van der Waals surface area (Å²) in [5, 5.41) is 24.5. The Morgan fingerprint density at radius 2 is 2.50 bits per heavy atom. The Balaban J connectivity index is 2.64. The highest BCUT2D eigenvalue weighted by atomic mass is 16.4.